The van der Waals surface area contributed by atoms with E-state index in [1.807, 2.05) is 24.3 Å². The highest BCUT2D eigenvalue weighted by atomic mass is 35.5. The Morgan fingerprint density at radius 1 is 1.50 bits per heavy atom. The smallest absolute Gasteiger partial charge is 0.141 e. The van der Waals surface area contributed by atoms with Gasteiger partial charge in [-0.25, -0.2) is 0 Å². The summed E-state index contributed by atoms with van der Waals surface area (Å²) < 4.78 is 5.79. The van der Waals surface area contributed by atoms with Gasteiger partial charge in [0.05, 0.1) is 11.6 Å². The number of hydrogen-bond donors (Lipinski definition) is 0. The largest absolute Gasteiger partial charge is 0.491 e. The minimum Gasteiger partial charge on any atom is -0.491 e. The summed E-state index contributed by atoms with van der Waals surface area (Å²) in [6.45, 7) is 8.78. The van der Waals surface area contributed by atoms with Gasteiger partial charge < -0.3 is 4.74 Å². The van der Waals surface area contributed by atoms with Crippen LogP contribution in [0.1, 0.15) is 25.8 Å². The van der Waals surface area contributed by atoms with Crippen LogP contribution in [0.15, 0.2) is 30.9 Å². The van der Waals surface area contributed by atoms with Gasteiger partial charge in [-0.1, -0.05) is 50.1 Å². The monoisotopic (exact) mass is 238 g/mol. The van der Waals surface area contributed by atoms with Gasteiger partial charge in [-0.15, -0.1) is 6.58 Å². The number of rotatable bonds is 6. The Morgan fingerprint density at radius 2 is 2.25 bits per heavy atom. The Bertz CT molecular complexity index is 347. The van der Waals surface area contributed by atoms with Gasteiger partial charge in [0.15, 0.2) is 0 Å². The maximum Gasteiger partial charge on any atom is 0.141 e. The number of benzene rings is 1. The van der Waals surface area contributed by atoms with E-state index in [0.29, 0.717) is 17.5 Å². The summed E-state index contributed by atoms with van der Waals surface area (Å²) in [5.41, 5.74) is 1.10. The minimum absolute atomic E-state index is 0.549. The van der Waals surface area contributed by atoms with Gasteiger partial charge in [-0.05, 0) is 24.0 Å². The molecule has 0 radical (unpaired) electrons. The molecule has 1 aromatic rings. The lowest BCUT2D eigenvalue weighted by atomic mass is 10.1. The fraction of sp³-hybridized carbons (Fsp3) is 0.429. The molecule has 0 bridgehead atoms. The van der Waals surface area contributed by atoms with Crippen molar-refractivity contribution in [2.24, 2.45) is 5.92 Å². The average Bonchev–Trinajstić information content (AvgIpc) is 2.28. The minimum atomic E-state index is 0.549. The molecule has 0 heterocycles. The number of allylic oxidation sites excluding steroid dienone is 1. The zero-order valence-electron chi connectivity index (χ0n) is 10.0. The topological polar surface area (TPSA) is 9.23 Å². The zero-order chi connectivity index (χ0) is 12.0. The third kappa shape index (κ3) is 3.57. The van der Waals surface area contributed by atoms with Crippen molar-refractivity contribution in [3.8, 4) is 5.75 Å². The summed E-state index contributed by atoms with van der Waals surface area (Å²) >= 11 is 6.13. The highest BCUT2D eigenvalue weighted by Crippen LogP contribution is 2.29. The summed E-state index contributed by atoms with van der Waals surface area (Å²) in [5.74, 6) is 1.36. The van der Waals surface area contributed by atoms with Crippen LogP contribution in [0.5, 0.6) is 5.75 Å². The molecule has 1 unspecified atom stereocenters. The first kappa shape index (κ1) is 13.1. The molecule has 1 aromatic carbocycles. The molecule has 0 aromatic heterocycles. The van der Waals surface area contributed by atoms with E-state index in [1.165, 1.54) is 0 Å². The summed E-state index contributed by atoms with van der Waals surface area (Å²) in [5, 5.41) is 0.683. The van der Waals surface area contributed by atoms with E-state index < -0.39 is 0 Å². The second kappa shape index (κ2) is 6.59. The molecule has 88 valence electrons. The van der Waals surface area contributed by atoms with Crippen molar-refractivity contribution >= 4 is 11.6 Å². The van der Waals surface area contributed by atoms with Crippen molar-refractivity contribution in [3.05, 3.63) is 41.4 Å². The van der Waals surface area contributed by atoms with Crippen molar-refractivity contribution in [2.45, 2.75) is 26.7 Å². The molecular weight excluding hydrogens is 220 g/mol. The molecule has 1 atom stereocenters. The highest BCUT2D eigenvalue weighted by Gasteiger charge is 2.08. The van der Waals surface area contributed by atoms with Crippen LogP contribution in [-0.2, 0) is 6.42 Å². The predicted molar refractivity (Wildman–Crippen MR) is 70.3 cm³/mol. The Labute approximate surface area is 103 Å². The lowest BCUT2D eigenvalue weighted by Gasteiger charge is -2.15. The van der Waals surface area contributed by atoms with E-state index in [9.17, 15) is 0 Å². The van der Waals surface area contributed by atoms with Gasteiger partial charge in [0, 0.05) is 0 Å². The second-order valence-corrected chi connectivity index (χ2v) is 4.45. The Kier molecular flexibility index (Phi) is 5.41. The molecule has 0 saturated carbocycles. The van der Waals surface area contributed by atoms with E-state index in [2.05, 4.69) is 20.4 Å². The number of ether oxygens (including phenoxy) is 1. The third-order valence-corrected chi connectivity index (χ3v) is 2.92. The molecule has 0 aliphatic rings. The van der Waals surface area contributed by atoms with Gasteiger partial charge in [-0.3, -0.25) is 0 Å². The normalized spacial score (nSPS) is 12.2. The molecule has 1 rings (SSSR count). The molecule has 0 saturated heterocycles. The van der Waals surface area contributed by atoms with Crippen LogP contribution in [0.3, 0.4) is 0 Å². The van der Waals surface area contributed by atoms with Crippen molar-refractivity contribution in [3.63, 3.8) is 0 Å². The van der Waals surface area contributed by atoms with Crippen molar-refractivity contribution in [1.82, 2.24) is 0 Å². The quantitative estimate of drug-likeness (QED) is 0.664. The van der Waals surface area contributed by atoms with Crippen LogP contribution in [0.2, 0.25) is 5.02 Å². The summed E-state index contributed by atoms with van der Waals surface area (Å²) in [4.78, 5) is 0. The molecule has 0 aliphatic carbocycles. The van der Waals surface area contributed by atoms with Crippen molar-refractivity contribution in [2.75, 3.05) is 6.61 Å². The van der Waals surface area contributed by atoms with E-state index >= 15 is 0 Å². The molecule has 16 heavy (non-hydrogen) atoms. The van der Waals surface area contributed by atoms with Crippen LogP contribution in [-0.4, -0.2) is 6.61 Å². The van der Waals surface area contributed by atoms with E-state index in [4.69, 9.17) is 16.3 Å². The van der Waals surface area contributed by atoms with Crippen LogP contribution >= 0.6 is 11.6 Å². The molecule has 0 aliphatic heterocycles. The summed E-state index contributed by atoms with van der Waals surface area (Å²) in [7, 11) is 0. The van der Waals surface area contributed by atoms with Crippen LogP contribution in [0.25, 0.3) is 0 Å². The first-order chi connectivity index (χ1) is 7.69. The number of para-hydroxylation sites is 1. The van der Waals surface area contributed by atoms with Gasteiger partial charge in [-0.2, -0.15) is 0 Å². The fourth-order valence-electron chi connectivity index (χ4n) is 1.37. The van der Waals surface area contributed by atoms with Gasteiger partial charge in [0.1, 0.15) is 5.75 Å². The van der Waals surface area contributed by atoms with Crippen LogP contribution in [0, 0.1) is 5.92 Å². The first-order valence-electron chi connectivity index (χ1n) is 5.70. The first-order valence-corrected chi connectivity index (χ1v) is 6.07. The SMILES string of the molecule is C=CCc1cccc(Cl)c1OCC(C)CC. The molecule has 0 fully saturated rings. The van der Waals surface area contributed by atoms with E-state index in [0.717, 1.165) is 24.2 Å². The molecule has 2 heteroatoms. The molecule has 0 amide bonds. The van der Waals surface area contributed by atoms with Gasteiger partial charge in [0.25, 0.3) is 0 Å². The molecule has 0 spiro atoms. The Balaban J connectivity index is 2.79. The standard InChI is InChI=1S/C14H19ClO/c1-4-7-12-8-6-9-13(15)14(12)16-10-11(3)5-2/h4,6,8-9,11H,1,5,7,10H2,2-3H3. The second-order valence-electron chi connectivity index (χ2n) is 4.05. The molecule has 1 nitrogen and oxygen atoms in total. The fourth-order valence-corrected chi connectivity index (χ4v) is 1.62. The maximum absolute atomic E-state index is 6.13. The average molecular weight is 239 g/mol. The number of halogens is 1. The van der Waals surface area contributed by atoms with Crippen molar-refractivity contribution < 1.29 is 4.74 Å². The van der Waals surface area contributed by atoms with Crippen LogP contribution in [0.4, 0.5) is 0 Å². The molecule has 0 N–H and O–H groups in total. The maximum atomic E-state index is 6.13. The van der Waals surface area contributed by atoms with E-state index in [1.54, 1.807) is 0 Å². The lowest BCUT2D eigenvalue weighted by molar-refractivity contribution is 0.255. The van der Waals surface area contributed by atoms with Gasteiger partial charge in [0.2, 0.25) is 0 Å². The van der Waals surface area contributed by atoms with Crippen LogP contribution < -0.4 is 4.74 Å². The van der Waals surface area contributed by atoms with Gasteiger partial charge >= 0.3 is 0 Å². The Hall–Kier alpha value is -0.950. The molecular formula is C14H19ClO. The zero-order valence-corrected chi connectivity index (χ0v) is 10.8. The summed E-state index contributed by atoms with van der Waals surface area (Å²) in [6.07, 6.45) is 3.76. The van der Waals surface area contributed by atoms with Crippen molar-refractivity contribution in [1.29, 1.82) is 0 Å². The summed E-state index contributed by atoms with van der Waals surface area (Å²) in [6, 6.07) is 5.83. The predicted octanol–water partition coefficient (Wildman–Crippen LogP) is 4.49. The lowest BCUT2D eigenvalue weighted by Crippen LogP contribution is -2.08. The number of hydrogen-bond acceptors (Lipinski definition) is 1. The Morgan fingerprint density at radius 3 is 2.88 bits per heavy atom. The third-order valence-electron chi connectivity index (χ3n) is 2.62. The highest BCUT2D eigenvalue weighted by molar-refractivity contribution is 6.32. The van der Waals surface area contributed by atoms with E-state index in [-0.39, 0.29) is 0 Å².